The number of nitrogens with zero attached hydrogens (tertiary/aromatic N) is 4. The highest BCUT2D eigenvalue weighted by atomic mass is 35.5. The zero-order chi connectivity index (χ0) is 14.5. The van der Waals surface area contributed by atoms with E-state index in [-0.39, 0.29) is 0 Å². The van der Waals surface area contributed by atoms with Crippen LogP contribution in [0.1, 0.15) is 5.56 Å². The van der Waals surface area contributed by atoms with Crippen LogP contribution in [0.5, 0.6) is 0 Å². The van der Waals surface area contributed by atoms with Gasteiger partial charge in [0.25, 0.3) is 0 Å². The van der Waals surface area contributed by atoms with E-state index in [1.165, 1.54) is 0 Å². The third-order valence-electron chi connectivity index (χ3n) is 2.93. The second-order valence-corrected chi connectivity index (χ2v) is 4.92. The number of allylic oxidation sites excluding steroid dienone is 1. The smallest absolute Gasteiger partial charge is 0.160 e. The lowest BCUT2D eigenvalue weighted by atomic mass is 10.2. The van der Waals surface area contributed by atoms with E-state index in [1.54, 1.807) is 4.80 Å². The highest BCUT2D eigenvalue weighted by Crippen LogP contribution is 2.16. The van der Waals surface area contributed by atoms with Crippen molar-refractivity contribution in [2.45, 2.75) is 6.54 Å². The minimum absolute atomic E-state index is 0.579. The van der Waals surface area contributed by atoms with E-state index in [2.05, 4.69) is 15.4 Å². The van der Waals surface area contributed by atoms with Gasteiger partial charge in [0, 0.05) is 10.6 Å². The second kappa shape index (κ2) is 6.33. The van der Waals surface area contributed by atoms with Crippen molar-refractivity contribution in [2.75, 3.05) is 0 Å². The summed E-state index contributed by atoms with van der Waals surface area (Å²) < 4.78 is 0. The summed E-state index contributed by atoms with van der Waals surface area (Å²) in [4.78, 5) is 1.56. The van der Waals surface area contributed by atoms with Gasteiger partial charge >= 0.3 is 0 Å². The fraction of sp³-hybridized carbons (Fsp3) is 0.0625. The lowest BCUT2D eigenvalue weighted by molar-refractivity contribution is 0.583. The average molecular weight is 297 g/mol. The lowest BCUT2D eigenvalue weighted by Crippen LogP contribution is -1.99. The van der Waals surface area contributed by atoms with Crippen LogP contribution in [-0.2, 0) is 6.54 Å². The summed E-state index contributed by atoms with van der Waals surface area (Å²) in [6.45, 7) is 0.579. The number of hydrogen-bond acceptors (Lipinski definition) is 3. The molecule has 0 spiro atoms. The molecule has 3 rings (SSSR count). The molecule has 0 bridgehead atoms. The standard InChI is InChI=1S/C16H13ClN4/c17-15-10-8-14(9-11-15)16-18-20-21(19-16)12-4-7-13-5-2-1-3-6-13/h1-11H,12H2. The molecule has 0 N–H and O–H groups in total. The van der Waals surface area contributed by atoms with Gasteiger partial charge in [0.1, 0.15) is 0 Å². The van der Waals surface area contributed by atoms with Crippen LogP contribution in [0.15, 0.2) is 60.7 Å². The minimum atomic E-state index is 0.579. The molecule has 0 amide bonds. The van der Waals surface area contributed by atoms with Gasteiger partial charge in [-0.3, -0.25) is 0 Å². The van der Waals surface area contributed by atoms with Crippen molar-refractivity contribution in [1.29, 1.82) is 0 Å². The molecular formula is C16H13ClN4. The van der Waals surface area contributed by atoms with E-state index in [1.807, 2.05) is 66.7 Å². The lowest BCUT2D eigenvalue weighted by Gasteiger charge is -1.94. The van der Waals surface area contributed by atoms with Crippen molar-refractivity contribution in [3.63, 3.8) is 0 Å². The summed E-state index contributed by atoms with van der Waals surface area (Å²) in [5.41, 5.74) is 2.05. The van der Waals surface area contributed by atoms with Crippen LogP contribution >= 0.6 is 11.6 Å². The normalized spacial score (nSPS) is 11.1. The Morgan fingerprint density at radius 1 is 1.00 bits per heavy atom. The SMILES string of the molecule is Clc1ccc(-c2nnn(CC=Cc3ccccc3)n2)cc1. The van der Waals surface area contributed by atoms with Crippen LogP contribution in [0.25, 0.3) is 17.5 Å². The first-order chi connectivity index (χ1) is 10.3. The van der Waals surface area contributed by atoms with Crippen molar-refractivity contribution in [1.82, 2.24) is 20.2 Å². The Balaban J connectivity index is 1.68. The van der Waals surface area contributed by atoms with E-state index in [4.69, 9.17) is 11.6 Å². The number of benzene rings is 2. The number of aromatic nitrogens is 4. The quantitative estimate of drug-likeness (QED) is 0.737. The molecule has 1 heterocycles. The molecular weight excluding hydrogens is 284 g/mol. The Labute approximate surface area is 127 Å². The van der Waals surface area contributed by atoms with Gasteiger partial charge in [0.15, 0.2) is 0 Å². The maximum Gasteiger partial charge on any atom is 0.204 e. The molecule has 5 heteroatoms. The number of hydrogen-bond donors (Lipinski definition) is 0. The molecule has 3 aromatic rings. The van der Waals surface area contributed by atoms with Crippen LogP contribution in [0.2, 0.25) is 5.02 Å². The predicted molar refractivity (Wildman–Crippen MR) is 83.7 cm³/mol. The fourth-order valence-corrected chi connectivity index (χ4v) is 2.01. The highest BCUT2D eigenvalue weighted by Gasteiger charge is 2.04. The molecule has 1 aromatic heterocycles. The Morgan fingerprint density at radius 3 is 2.52 bits per heavy atom. The molecule has 0 saturated carbocycles. The van der Waals surface area contributed by atoms with Gasteiger partial charge in [-0.1, -0.05) is 54.1 Å². The largest absolute Gasteiger partial charge is 0.204 e. The van der Waals surface area contributed by atoms with Gasteiger partial charge in [-0.25, -0.2) is 0 Å². The molecule has 21 heavy (non-hydrogen) atoms. The Morgan fingerprint density at radius 2 is 1.76 bits per heavy atom. The van der Waals surface area contributed by atoms with Gasteiger partial charge in [-0.15, -0.1) is 10.2 Å². The van der Waals surface area contributed by atoms with E-state index < -0.39 is 0 Å². The summed E-state index contributed by atoms with van der Waals surface area (Å²) in [7, 11) is 0. The van der Waals surface area contributed by atoms with Gasteiger partial charge in [-0.05, 0) is 35.0 Å². The maximum atomic E-state index is 5.86. The molecule has 104 valence electrons. The highest BCUT2D eigenvalue weighted by molar-refractivity contribution is 6.30. The van der Waals surface area contributed by atoms with E-state index in [0.29, 0.717) is 17.4 Å². The van der Waals surface area contributed by atoms with Gasteiger partial charge < -0.3 is 0 Å². The number of tetrazole rings is 1. The average Bonchev–Trinajstić information content (AvgIpc) is 2.98. The molecule has 4 nitrogen and oxygen atoms in total. The number of halogens is 1. The first-order valence-electron chi connectivity index (χ1n) is 6.56. The summed E-state index contributed by atoms with van der Waals surface area (Å²) in [5.74, 6) is 0.597. The maximum absolute atomic E-state index is 5.86. The third-order valence-corrected chi connectivity index (χ3v) is 3.19. The van der Waals surface area contributed by atoms with E-state index in [9.17, 15) is 0 Å². The van der Waals surface area contributed by atoms with Crippen molar-refractivity contribution in [3.8, 4) is 11.4 Å². The van der Waals surface area contributed by atoms with Crippen LogP contribution in [0.4, 0.5) is 0 Å². The molecule has 0 aliphatic rings. The summed E-state index contributed by atoms with van der Waals surface area (Å²) >= 11 is 5.86. The van der Waals surface area contributed by atoms with Gasteiger partial charge in [-0.2, -0.15) is 4.80 Å². The predicted octanol–water partition coefficient (Wildman–Crippen LogP) is 3.71. The zero-order valence-electron chi connectivity index (χ0n) is 11.2. The first kappa shape index (κ1) is 13.5. The second-order valence-electron chi connectivity index (χ2n) is 4.49. The van der Waals surface area contributed by atoms with Crippen LogP contribution in [0.3, 0.4) is 0 Å². The topological polar surface area (TPSA) is 43.6 Å². The summed E-state index contributed by atoms with van der Waals surface area (Å²) in [5, 5.41) is 13.1. The van der Waals surface area contributed by atoms with Crippen molar-refractivity contribution >= 4 is 17.7 Å². The molecule has 0 saturated heterocycles. The zero-order valence-corrected chi connectivity index (χ0v) is 12.0. The van der Waals surface area contributed by atoms with Crippen molar-refractivity contribution < 1.29 is 0 Å². The molecule has 0 aliphatic carbocycles. The monoisotopic (exact) mass is 296 g/mol. The van der Waals surface area contributed by atoms with Crippen molar-refractivity contribution in [3.05, 3.63) is 71.3 Å². The van der Waals surface area contributed by atoms with Crippen LogP contribution < -0.4 is 0 Å². The Hall–Kier alpha value is -2.46. The molecule has 2 aromatic carbocycles. The van der Waals surface area contributed by atoms with Crippen molar-refractivity contribution in [2.24, 2.45) is 0 Å². The van der Waals surface area contributed by atoms with E-state index in [0.717, 1.165) is 11.1 Å². The molecule has 0 unspecified atom stereocenters. The first-order valence-corrected chi connectivity index (χ1v) is 6.94. The van der Waals surface area contributed by atoms with Gasteiger partial charge in [0.2, 0.25) is 5.82 Å². The molecule has 0 atom stereocenters. The molecule has 0 fully saturated rings. The molecule has 0 radical (unpaired) electrons. The number of rotatable bonds is 4. The third kappa shape index (κ3) is 3.55. The van der Waals surface area contributed by atoms with Gasteiger partial charge in [0.05, 0.1) is 6.54 Å². The molecule has 0 aliphatic heterocycles. The Bertz CT molecular complexity index is 732. The fourth-order valence-electron chi connectivity index (χ4n) is 1.88. The van der Waals surface area contributed by atoms with E-state index >= 15 is 0 Å². The minimum Gasteiger partial charge on any atom is -0.160 e. The summed E-state index contributed by atoms with van der Waals surface area (Å²) in [6.07, 6.45) is 4.04. The summed E-state index contributed by atoms with van der Waals surface area (Å²) in [6, 6.07) is 17.5. The van der Waals surface area contributed by atoms with Crippen LogP contribution in [0, 0.1) is 0 Å². The van der Waals surface area contributed by atoms with Crippen LogP contribution in [-0.4, -0.2) is 20.2 Å². The Kier molecular flexibility index (Phi) is 4.07.